The number of likely N-dealkylation sites (tertiary alicyclic amines) is 2. The Morgan fingerprint density at radius 1 is 1.00 bits per heavy atom. The van der Waals surface area contributed by atoms with E-state index in [4.69, 9.17) is 25.8 Å². The number of alkyl halides is 6. The molecule has 1 amide bonds. The fourth-order valence-electron chi connectivity index (χ4n) is 6.18. The Kier molecular flexibility index (Phi) is 10.6. The number of esters is 2. The first-order chi connectivity index (χ1) is 22.9. The number of amides is 1. The van der Waals surface area contributed by atoms with Gasteiger partial charge in [-0.1, -0.05) is 11.6 Å². The Hall–Kier alpha value is -3.76. The molecule has 2 fully saturated rings. The molecule has 0 unspecified atom stereocenters. The smallest absolute Gasteiger partial charge is 0.489 e. The maximum Gasteiger partial charge on any atom is 0.491 e. The number of rotatable bonds is 9. The van der Waals surface area contributed by atoms with Crippen molar-refractivity contribution in [3.8, 4) is 17.2 Å². The normalized spacial score (nSPS) is 19.8. The highest BCUT2D eigenvalue weighted by Gasteiger charge is 2.45. The summed E-state index contributed by atoms with van der Waals surface area (Å²) >= 11 is 6.12. The Morgan fingerprint density at radius 3 is 2.33 bits per heavy atom. The van der Waals surface area contributed by atoms with E-state index in [1.165, 1.54) is 4.90 Å². The van der Waals surface area contributed by atoms with E-state index in [0.29, 0.717) is 62.6 Å². The molecule has 1 spiro atoms. The number of piperidine rings is 1. The van der Waals surface area contributed by atoms with Crippen LogP contribution >= 0.6 is 11.6 Å². The minimum absolute atomic E-state index is 0.0387. The molecule has 5 rings (SSSR count). The van der Waals surface area contributed by atoms with Crippen molar-refractivity contribution in [2.75, 3.05) is 53.4 Å². The number of likely N-dealkylation sites (N-methyl/N-ethyl adjacent to an activating group) is 1. The van der Waals surface area contributed by atoms with E-state index in [1.54, 1.807) is 17.0 Å². The summed E-state index contributed by atoms with van der Waals surface area (Å²) in [5, 5.41) is 0.568. The van der Waals surface area contributed by atoms with E-state index in [1.807, 2.05) is 25.1 Å². The van der Waals surface area contributed by atoms with Crippen molar-refractivity contribution in [2.45, 2.75) is 55.8 Å². The third-order valence-corrected chi connectivity index (χ3v) is 9.06. The molecule has 0 saturated carbocycles. The lowest BCUT2D eigenvalue weighted by Crippen LogP contribution is -2.50. The Labute approximate surface area is 282 Å². The molecule has 2 saturated heterocycles. The molecule has 2 aromatic rings. The van der Waals surface area contributed by atoms with Gasteiger partial charge in [-0.25, -0.2) is 9.59 Å². The first kappa shape index (κ1) is 36.5. The Bertz CT molecular complexity index is 1560. The second-order valence-corrected chi connectivity index (χ2v) is 13.0. The van der Waals surface area contributed by atoms with Crippen LogP contribution in [0.1, 0.15) is 35.2 Å². The van der Waals surface area contributed by atoms with E-state index in [0.717, 1.165) is 23.8 Å². The Morgan fingerprint density at radius 2 is 1.69 bits per heavy atom. The second-order valence-electron chi connectivity index (χ2n) is 12.6. The first-order valence-electron chi connectivity index (χ1n) is 15.4. The van der Waals surface area contributed by atoms with Gasteiger partial charge in [0.15, 0.2) is 0 Å². The molecule has 3 aliphatic rings. The van der Waals surface area contributed by atoms with Gasteiger partial charge < -0.3 is 28.7 Å². The van der Waals surface area contributed by atoms with Crippen LogP contribution in [0.3, 0.4) is 0 Å². The minimum Gasteiger partial charge on any atom is -0.489 e. The summed E-state index contributed by atoms with van der Waals surface area (Å²) in [5.74, 6) is -5.82. The number of carbonyl (C=O) groups is 3. The second kappa shape index (κ2) is 14.2. The van der Waals surface area contributed by atoms with Crippen LogP contribution in [0.4, 0.5) is 26.3 Å². The number of benzene rings is 2. The van der Waals surface area contributed by atoms with Gasteiger partial charge in [-0.15, -0.1) is 0 Å². The lowest BCUT2D eigenvalue weighted by atomic mass is 9.87. The number of ether oxygens (including phenoxy) is 4. The van der Waals surface area contributed by atoms with Crippen molar-refractivity contribution in [3.05, 3.63) is 52.5 Å². The predicted octanol–water partition coefficient (Wildman–Crippen LogP) is 4.91. The molecule has 2 atom stereocenters. The molecule has 0 aliphatic carbocycles. The predicted molar refractivity (Wildman–Crippen MR) is 162 cm³/mol. The molecule has 0 aromatic heterocycles. The molecular formula is C32H34ClF6N3O7. The molecule has 0 N–H and O–H groups in total. The molecule has 268 valence electrons. The summed E-state index contributed by atoms with van der Waals surface area (Å²) in [6, 6.07) is 8.31. The molecular weight excluding hydrogens is 688 g/mol. The van der Waals surface area contributed by atoms with Crippen molar-refractivity contribution < 1.29 is 59.7 Å². The van der Waals surface area contributed by atoms with Crippen LogP contribution in [0.15, 0.2) is 36.4 Å². The van der Waals surface area contributed by atoms with Crippen LogP contribution in [-0.4, -0.2) is 116 Å². The van der Waals surface area contributed by atoms with E-state index in [2.05, 4.69) is 4.74 Å². The van der Waals surface area contributed by atoms with Crippen molar-refractivity contribution in [1.29, 1.82) is 0 Å². The van der Waals surface area contributed by atoms with E-state index >= 15 is 0 Å². The summed E-state index contributed by atoms with van der Waals surface area (Å²) in [6.07, 6.45) is -9.89. The third kappa shape index (κ3) is 8.89. The lowest BCUT2D eigenvalue weighted by Gasteiger charge is -2.39. The maximum absolute atomic E-state index is 13.5. The average Bonchev–Trinajstić information content (AvgIpc) is 3.65. The van der Waals surface area contributed by atoms with Gasteiger partial charge in [0.2, 0.25) is 0 Å². The molecule has 3 heterocycles. The molecule has 2 aromatic carbocycles. The summed E-state index contributed by atoms with van der Waals surface area (Å²) < 4.78 is 99.6. The molecule has 3 aliphatic heterocycles. The number of fused-ring (bicyclic) bond motifs is 1. The van der Waals surface area contributed by atoms with E-state index in [-0.39, 0.29) is 23.9 Å². The van der Waals surface area contributed by atoms with Gasteiger partial charge in [-0.2, -0.15) is 26.3 Å². The largest absolute Gasteiger partial charge is 0.491 e. The summed E-state index contributed by atoms with van der Waals surface area (Å²) in [4.78, 5) is 42.1. The highest BCUT2D eigenvalue weighted by Crippen LogP contribution is 2.42. The molecule has 10 nitrogen and oxygen atoms in total. The van der Waals surface area contributed by atoms with Gasteiger partial charge in [0.05, 0.1) is 5.56 Å². The highest BCUT2D eigenvalue weighted by atomic mass is 35.5. The Balaban J connectivity index is 1.32. The zero-order valence-electron chi connectivity index (χ0n) is 26.5. The molecule has 0 radical (unpaired) electrons. The maximum atomic E-state index is 13.5. The molecule has 17 heteroatoms. The average molecular weight is 722 g/mol. The van der Waals surface area contributed by atoms with Crippen LogP contribution in [0, 0.1) is 0 Å². The number of halogens is 7. The van der Waals surface area contributed by atoms with Gasteiger partial charge in [0.25, 0.3) is 5.91 Å². The van der Waals surface area contributed by atoms with Crippen LogP contribution in [0.25, 0.3) is 0 Å². The number of hydrogen-bond donors (Lipinski definition) is 0. The van der Waals surface area contributed by atoms with Crippen molar-refractivity contribution in [1.82, 2.24) is 14.7 Å². The van der Waals surface area contributed by atoms with E-state index in [9.17, 15) is 40.7 Å². The molecule has 49 heavy (non-hydrogen) atoms. The van der Waals surface area contributed by atoms with Gasteiger partial charge >= 0.3 is 24.3 Å². The quantitative estimate of drug-likeness (QED) is 0.204. The van der Waals surface area contributed by atoms with E-state index < -0.39 is 54.3 Å². The van der Waals surface area contributed by atoms with Gasteiger partial charge in [0.1, 0.15) is 35.6 Å². The SMILES string of the molecule is CN(C)[C@@H]1CCN(C(=O)c2ccc(OC(=O)C(F)(F)F)cc2OC[C@H](CN2CCC3(CC2)Cc2cc(Cl)ccc2O3)OC(=O)C(F)(F)F)C1. The van der Waals surface area contributed by atoms with Crippen LogP contribution in [-0.2, 0) is 20.7 Å². The number of hydrogen-bond acceptors (Lipinski definition) is 9. The van der Waals surface area contributed by atoms with Crippen molar-refractivity contribution in [2.24, 2.45) is 0 Å². The van der Waals surface area contributed by atoms with Crippen molar-refractivity contribution in [3.63, 3.8) is 0 Å². The summed E-state index contributed by atoms with van der Waals surface area (Å²) in [5.41, 5.74) is 0.291. The molecule has 0 bridgehead atoms. The fourth-order valence-corrected chi connectivity index (χ4v) is 6.38. The first-order valence-corrected chi connectivity index (χ1v) is 15.8. The topological polar surface area (TPSA) is 97.8 Å². The van der Waals surface area contributed by atoms with Crippen LogP contribution in [0.2, 0.25) is 5.02 Å². The monoisotopic (exact) mass is 721 g/mol. The summed E-state index contributed by atoms with van der Waals surface area (Å²) in [6.45, 7) is 0.531. The van der Waals surface area contributed by atoms with Crippen molar-refractivity contribution >= 4 is 29.4 Å². The van der Waals surface area contributed by atoms with Gasteiger partial charge in [-0.3, -0.25) is 9.69 Å². The standard InChI is InChI=1S/C32H34ClF6N3O7/c1-40(2)21-7-10-42(16-21)27(43)24-5-4-22(47-28(44)31(34,35)36)14-26(24)46-18-23(48-29(45)32(37,38)39)17-41-11-8-30(9-12-41)15-19-13-20(33)3-6-25(19)49-30/h3-6,13-14,21,23H,7-12,15-18H2,1-2H3/t21-,23+/m1/s1. The van der Waals surface area contributed by atoms with Crippen LogP contribution < -0.4 is 14.2 Å². The zero-order valence-corrected chi connectivity index (χ0v) is 27.3. The summed E-state index contributed by atoms with van der Waals surface area (Å²) in [7, 11) is 3.69. The third-order valence-electron chi connectivity index (χ3n) is 8.83. The van der Waals surface area contributed by atoms with Crippen LogP contribution in [0.5, 0.6) is 17.2 Å². The van der Waals surface area contributed by atoms with Gasteiger partial charge in [0, 0.05) is 69.1 Å². The lowest BCUT2D eigenvalue weighted by molar-refractivity contribution is -0.207. The minimum atomic E-state index is -5.32. The zero-order chi connectivity index (χ0) is 35.7. The fraction of sp³-hybridized carbons (Fsp3) is 0.531. The number of nitrogens with zero attached hydrogens (tertiary/aromatic N) is 3. The number of carbonyl (C=O) groups excluding carboxylic acids is 3. The highest BCUT2D eigenvalue weighted by molar-refractivity contribution is 6.30. The van der Waals surface area contributed by atoms with Gasteiger partial charge in [-0.05, 0) is 56.4 Å².